The Labute approximate surface area is 203 Å². The summed E-state index contributed by atoms with van der Waals surface area (Å²) in [5, 5.41) is 6.79. The molecule has 2 fully saturated rings. The summed E-state index contributed by atoms with van der Waals surface area (Å²) in [6.45, 7) is 8.42. The Kier molecular flexibility index (Phi) is 11.7. The number of halogens is 1. The van der Waals surface area contributed by atoms with Crippen LogP contribution in [0.15, 0.2) is 23.2 Å². The highest BCUT2D eigenvalue weighted by molar-refractivity contribution is 14.0. The Hall–Kier alpha value is -1.30. The maximum absolute atomic E-state index is 5.73. The molecule has 2 N–H and O–H groups in total. The fraction of sp³-hybridized carbons (Fsp3) is 0.682. The summed E-state index contributed by atoms with van der Waals surface area (Å²) in [6, 6.07) is 6.25. The molecule has 2 heterocycles. The van der Waals surface area contributed by atoms with Crippen molar-refractivity contribution in [2.45, 2.75) is 31.9 Å². The van der Waals surface area contributed by atoms with Gasteiger partial charge in [0, 0.05) is 32.8 Å². The molecule has 2 atom stereocenters. The zero-order chi connectivity index (χ0) is 21.2. The molecule has 9 heteroatoms. The molecule has 0 aromatic heterocycles. The van der Waals surface area contributed by atoms with Crippen LogP contribution < -0.4 is 20.1 Å². The molecule has 0 spiro atoms. The van der Waals surface area contributed by atoms with E-state index in [0.717, 1.165) is 81.9 Å². The van der Waals surface area contributed by atoms with Crippen LogP contribution in [0, 0.1) is 0 Å². The molecule has 1 aromatic rings. The fourth-order valence-electron chi connectivity index (χ4n) is 3.92. The molecular formula is C22H37IN4O4. The Balaban J connectivity index is 0.00000341. The first-order chi connectivity index (χ1) is 14.7. The van der Waals surface area contributed by atoms with Crippen molar-refractivity contribution in [1.29, 1.82) is 0 Å². The molecule has 3 rings (SSSR count). The van der Waals surface area contributed by atoms with Crippen molar-refractivity contribution >= 4 is 29.9 Å². The summed E-state index contributed by atoms with van der Waals surface area (Å²) in [7, 11) is 3.32. The number of nitrogens with one attached hydrogen (secondary N) is 2. The summed E-state index contributed by atoms with van der Waals surface area (Å²) in [6.07, 6.45) is 2.52. The van der Waals surface area contributed by atoms with E-state index in [2.05, 4.69) is 34.6 Å². The van der Waals surface area contributed by atoms with E-state index in [1.165, 1.54) is 0 Å². The average Bonchev–Trinajstić information content (AvgIpc) is 3.31. The smallest absolute Gasteiger partial charge is 0.191 e. The van der Waals surface area contributed by atoms with Crippen LogP contribution in [0.3, 0.4) is 0 Å². The molecule has 2 unspecified atom stereocenters. The standard InChI is InChI=1S/C22H36N4O4.HI/c1-4-23-22(24-15-18-6-5-11-30-18)25-16-19(26-9-12-29-13-10-26)17-7-8-20(27-2)21(14-17)28-3;/h7-8,14,18-19H,4-6,9-13,15-16H2,1-3H3,(H2,23,24,25);1H. The first-order valence-electron chi connectivity index (χ1n) is 10.9. The average molecular weight is 548 g/mol. The number of benzene rings is 1. The molecular weight excluding hydrogens is 511 g/mol. The van der Waals surface area contributed by atoms with Crippen LogP contribution in [0.5, 0.6) is 11.5 Å². The van der Waals surface area contributed by atoms with Crippen LogP contribution in [0.4, 0.5) is 0 Å². The quantitative estimate of drug-likeness (QED) is 0.279. The van der Waals surface area contributed by atoms with Gasteiger partial charge in [-0.25, -0.2) is 0 Å². The van der Waals surface area contributed by atoms with E-state index in [1.807, 2.05) is 6.07 Å². The van der Waals surface area contributed by atoms with Crippen molar-refractivity contribution in [2.75, 3.05) is 66.8 Å². The van der Waals surface area contributed by atoms with Crippen molar-refractivity contribution in [2.24, 2.45) is 4.99 Å². The highest BCUT2D eigenvalue weighted by Gasteiger charge is 2.24. The second kappa shape index (κ2) is 14.0. The molecule has 0 bridgehead atoms. The van der Waals surface area contributed by atoms with Gasteiger partial charge < -0.3 is 29.6 Å². The van der Waals surface area contributed by atoms with Crippen LogP contribution in [0.1, 0.15) is 31.4 Å². The van der Waals surface area contributed by atoms with Gasteiger partial charge in [0.1, 0.15) is 0 Å². The number of nitrogens with zero attached hydrogens (tertiary/aromatic N) is 2. The van der Waals surface area contributed by atoms with Crippen LogP contribution >= 0.6 is 24.0 Å². The van der Waals surface area contributed by atoms with E-state index in [4.69, 9.17) is 23.9 Å². The Morgan fingerprint density at radius 3 is 2.58 bits per heavy atom. The number of ether oxygens (including phenoxy) is 4. The number of morpholine rings is 1. The lowest BCUT2D eigenvalue weighted by Gasteiger charge is -2.34. The molecule has 0 radical (unpaired) electrons. The number of aliphatic imine (C=N–C) groups is 1. The van der Waals surface area contributed by atoms with E-state index in [1.54, 1.807) is 14.2 Å². The second-order valence-corrected chi connectivity index (χ2v) is 7.51. The predicted molar refractivity (Wildman–Crippen MR) is 133 cm³/mol. The minimum Gasteiger partial charge on any atom is -0.493 e. The van der Waals surface area contributed by atoms with Gasteiger partial charge in [-0.3, -0.25) is 9.89 Å². The van der Waals surface area contributed by atoms with Gasteiger partial charge in [0.25, 0.3) is 0 Å². The van der Waals surface area contributed by atoms with Crippen LogP contribution in [0.25, 0.3) is 0 Å². The molecule has 0 amide bonds. The largest absolute Gasteiger partial charge is 0.493 e. The van der Waals surface area contributed by atoms with Gasteiger partial charge in [-0.2, -0.15) is 0 Å². The highest BCUT2D eigenvalue weighted by Crippen LogP contribution is 2.32. The topological polar surface area (TPSA) is 76.6 Å². The number of methoxy groups -OCH3 is 2. The molecule has 2 aliphatic rings. The molecule has 0 saturated carbocycles. The van der Waals surface area contributed by atoms with E-state index in [9.17, 15) is 0 Å². The minimum absolute atomic E-state index is 0. The van der Waals surface area contributed by atoms with Gasteiger partial charge in [-0.05, 0) is 37.5 Å². The minimum atomic E-state index is 0. The van der Waals surface area contributed by atoms with Crippen LogP contribution in [0.2, 0.25) is 0 Å². The SMILES string of the molecule is CCNC(=NCC(c1ccc(OC)c(OC)c1)N1CCOCC1)NCC1CCCO1.I. The maximum Gasteiger partial charge on any atom is 0.191 e. The summed E-state index contributed by atoms with van der Waals surface area (Å²) in [5.74, 6) is 2.30. The lowest BCUT2D eigenvalue weighted by atomic mass is 10.0. The summed E-state index contributed by atoms with van der Waals surface area (Å²) in [5.41, 5.74) is 1.16. The summed E-state index contributed by atoms with van der Waals surface area (Å²) >= 11 is 0. The first kappa shape index (κ1) is 26.0. The van der Waals surface area contributed by atoms with E-state index in [0.29, 0.717) is 6.54 Å². The number of hydrogen-bond acceptors (Lipinski definition) is 6. The highest BCUT2D eigenvalue weighted by atomic mass is 127. The molecule has 2 saturated heterocycles. The van der Waals surface area contributed by atoms with E-state index in [-0.39, 0.29) is 36.1 Å². The van der Waals surface area contributed by atoms with Gasteiger partial charge in [0.2, 0.25) is 0 Å². The van der Waals surface area contributed by atoms with Crippen LogP contribution in [-0.4, -0.2) is 83.7 Å². The van der Waals surface area contributed by atoms with Crippen molar-refractivity contribution in [3.05, 3.63) is 23.8 Å². The summed E-state index contributed by atoms with van der Waals surface area (Å²) in [4.78, 5) is 7.34. The molecule has 31 heavy (non-hydrogen) atoms. The molecule has 0 aliphatic carbocycles. The number of hydrogen-bond donors (Lipinski definition) is 2. The van der Waals surface area contributed by atoms with Crippen molar-refractivity contribution in [1.82, 2.24) is 15.5 Å². The van der Waals surface area contributed by atoms with Gasteiger partial charge in [-0.15, -0.1) is 24.0 Å². The van der Waals surface area contributed by atoms with Crippen molar-refractivity contribution in [3.8, 4) is 11.5 Å². The third kappa shape index (κ3) is 7.65. The molecule has 2 aliphatic heterocycles. The van der Waals surface area contributed by atoms with E-state index < -0.39 is 0 Å². The molecule has 8 nitrogen and oxygen atoms in total. The van der Waals surface area contributed by atoms with Crippen LogP contribution in [-0.2, 0) is 9.47 Å². The zero-order valence-corrected chi connectivity index (χ0v) is 21.2. The zero-order valence-electron chi connectivity index (χ0n) is 18.9. The maximum atomic E-state index is 5.73. The predicted octanol–water partition coefficient (Wildman–Crippen LogP) is 2.43. The second-order valence-electron chi connectivity index (χ2n) is 7.51. The number of rotatable bonds is 9. The summed E-state index contributed by atoms with van der Waals surface area (Å²) < 4.78 is 22.2. The van der Waals surface area contributed by atoms with Gasteiger partial charge >= 0.3 is 0 Å². The Bertz CT molecular complexity index is 679. The van der Waals surface area contributed by atoms with Gasteiger partial charge in [0.05, 0.1) is 46.1 Å². The lowest BCUT2D eigenvalue weighted by Crippen LogP contribution is -2.43. The lowest BCUT2D eigenvalue weighted by molar-refractivity contribution is 0.0179. The van der Waals surface area contributed by atoms with Gasteiger partial charge in [-0.1, -0.05) is 6.07 Å². The normalized spacial score (nSPS) is 20.6. The van der Waals surface area contributed by atoms with Crippen molar-refractivity contribution < 1.29 is 18.9 Å². The van der Waals surface area contributed by atoms with E-state index >= 15 is 0 Å². The third-order valence-corrected chi connectivity index (χ3v) is 5.57. The third-order valence-electron chi connectivity index (χ3n) is 5.57. The fourth-order valence-corrected chi connectivity index (χ4v) is 3.92. The number of guanidine groups is 1. The molecule has 176 valence electrons. The van der Waals surface area contributed by atoms with Crippen molar-refractivity contribution in [3.63, 3.8) is 0 Å². The molecule has 1 aromatic carbocycles. The van der Waals surface area contributed by atoms with Gasteiger partial charge in [0.15, 0.2) is 17.5 Å². The Morgan fingerprint density at radius 2 is 1.94 bits per heavy atom. The Morgan fingerprint density at radius 1 is 1.16 bits per heavy atom. The first-order valence-corrected chi connectivity index (χ1v) is 10.9. The monoisotopic (exact) mass is 548 g/mol.